The van der Waals surface area contributed by atoms with Crippen LogP contribution < -0.4 is 14.5 Å². The summed E-state index contributed by atoms with van der Waals surface area (Å²) in [6.45, 7) is 3.89. The van der Waals surface area contributed by atoms with Crippen molar-refractivity contribution in [1.29, 1.82) is 0 Å². The van der Waals surface area contributed by atoms with Gasteiger partial charge in [0.1, 0.15) is 17.9 Å². The molecule has 2 aromatic rings. The number of ether oxygens (including phenoxy) is 1. The third kappa shape index (κ3) is 2.96. The van der Waals surface area contributed by atoms with E-state index in [1.807, 2.05) is 12.1 Å². The minimum atomic E-state index is 0.673. The smallest absolute Gasteiger partial charge is 0.142 e. The molecule has 0 atom stereocenters. The third-order valence-corrected chi connectivity index (χ3v) is 4.70. The summed E-state index contributed by atoms with van der Waals surface area (Å²) in [5.74, 6) is 2.69. The normalized spacial score (nSPS) is 18.1. The molecule has 2 heterocycles. The van der Waals surface area contributed by atoms with Crippen molar-refractivity contribution in [3.8, 4) is 5.75 Å². The Balaban J connectivity index is 1.45. The molecule has 0 bridgehead atoms. The first-order chi connectivity index (χ1) is 11.3. The zero-order valence-electron chi connectivity index (χ0n) is 13.5. The maximum absolute atomic E-state index is 5.48. The van der Waals surface area contributed by atoms with Crippen molar-refractivity contribution in [3.05, 3.63) is 42.4 Å². The summed E-state index contributed by atoms with van der Waals surface area (Å²) in [6, 6.07) is 10.4. The molecule has 1 aromatic carbocycles. The van der Waals surface area contributed by atoms with Gasteiger partial charge in [-0.3, -0.25) is 0 Å². The summed E-state index contributed by atoms with van der Waals surface area (Å²) in [7, 11) is 1.73. The maximum Gasteiger partial charge on any atom is 0.142 e. The largest absolute Gasteiger partial charge is 0.495 e. The molecule has 1 aliphatic heterocycles. The van der Waals surface area contributed by atoms with Crippen LogP contribution in [-0.2, 0) is 0 Å². The second-order valence-corrected chi connectivity index (χ2v) is 6.22. The maximum atomic E-state index is 5.48. The Labute approximate surface area is 136 Å². The summed E-state index contributed by atoms with van der Waals surface area (Å²) >= 11 is 0. The van der Waals surface area contributed by atoms with E-state index in [4.69, 9.17) is 4.74 Å². The fourth-order valence-corrected chi connectivity index (χ4v) is 3.20. The SMILES string of the molecule is COc1ccccc1N1CCN(c2cc(C3CC3)ncn2)CC1. The predicted molar refractivity (Wildman–Crippen MR) is 91.4 cm³/mol. The molecule has 0 unspecified atom stereocenters. The van der Waals surface area contributed by atoms with Crippen LogP contribution in [0, 0.1) is 0 Å². The molecule has 0 amide bonds. The monoisotopic (exact) mass is 310 g/mol. The van der Waals surface area contributed by atoms with Gasteiger partial charge in [0.05, 0.1) is 12.8 Å². The molecule has 1 saturated carbocycles. The second-order valence-electron chi connectivity index (χ2n) is 6.22. The first kappa shape index (κ1) is 14.3. The van der Waals surface area contributed by atoms with Crippen LogP contribution in [0.2, 0.25) is 0 Å². The summed E-state index contributed by atoms with van der Waals surface area (Å²) in [5, 5.41) is 0. The van der Waals surface area contributed by atoms with Gasteiger partial charge < -0.3 is 14.5 Å². The number of hydrogen-bond donors (Lipinski definition) is 0. The number of para-hydroxylation sites is 2. The van der Waals surface area contributed by atoms with Crippen LogP contribution in [-0.4, -0.2) is 43.3 Å². The van der Waals surface area contributed by atoms with Gasteiger partial charge in [-0.1, -0.05) is 12.1 Å². The number of hydrogen-bond acceptors (Lipinski definition) is 5. The van der Waals surface area contributed by atoms with Crippen LogP contribution in [0.15, 0.2) is 36.7 Å². The second kappa shape index (κ2) is 6.07. The lowest BCUT2D eigenvalue weighted by atomic mass is 10.2. The van der Waals surface area contributed by atoms with Crippen LogP contribution in [0.1, 0.15) is 24.5 Å². The minimum absolute atomic E-state index is 0.673. The number of anilines is 2. The van der Waals surface area contributed by atoms with E-state index in [-0.39, 0.29) is 0 Å². The lowest BCUT2D eigenvalue weighted by Gasteiger charge is -2.37. The van der Waals surface area contributed by atoms with E-state index in [0.717, 1.165) is 37.7 Å². The van der Waals surface area contributed by atoms with Gasteiger partial charge in [-0.25, -0.2) is 9.97 Å². The van der Waals surface area contributed by atoms with Crippen molar-refractivity contribution >= 4 is 11.5 Å². The van der Waals surface area contributed by atoms with Gasteiger partial charge in [-0.15, -0.1) is 0 Å². The summed E-state index contributed by atoms with van der Waals surface area (Å²) in [5.41, 5.74) is 2.39. The van der Waals surface area contributed by atoms with Crippen molar-refractivity contribution in [1.82, 2.24) is 9.97 Å². The van der Waals surface area contributed by atoms with Crippen molar-refractivity contribution in [3.63, 3.8) is 0 Å². The fourth-order valence-electron chi connectivity index (χ4n) is 3.20. The first-order valence-corrected chi connectivity index (χ1v) is 8.30. The molecular formula is C18H22N4O. The van der Waals surface area contributed by atoms with Crippen LogP contribution in [0.4, 0.5) is 11.5 Å². The summed E-state index contributed by atoms with van der Waals surface area (Å²) in [4.78, 5) is 13.6. The van der Waals surface area contributed by atoms with Crippen LogP contribution >= 0.6 is 0 Å². The van der Waals surface area contributed by atoms with Crippen LogP contribution in [0.3, 0.4) is 0 Å². The fraction of sp³-hybridized carbons (Fsp3) is 0.444. The number of aromatic nitrogens is 2. The van der Waals surface area contributed by atoms with Gasteiger partial charge in [0.2, 0.25) is 0 Å². The van der Waals surface area contributed by atoms with E-state index >= 15 is 0 Å². The van der Waals surface area contributed by atoms with Gasteiger partial charge in [-0.2, -0.15) is 0 Å². The standard InChI is InChI=1S/C18H22N4O/c1-23-17-5-3-2-4-16(17)21-8-10-22(11-9-21)18-12-15(14-6-7-14)19-13-20-18/h2-5,12-14H,6-11H2,1H3. The lowest BCUT2D eigenvalue weighted by molar-refractivity contribution is 0.413. The quantitative estimate of drug-likeness (QED) is 0.868. The molecular weight excluding hydrogens is 288 g/mol. The van der Waals surface area contributed by atoms with Crippen LogP contribution in [0.5, 0.6) is 5.75 Å². The molecule has 5 heteroatoms. The van der Waals surface area contributed by atoms with Crippen molar-refractivity contribution in [2.45, 2.75) is 18.8 Å². The molecule has 23 heavy (non-hydrogen) atoms. The van der Waals surface area contributed by atoms with Gasteiger partial charge in [0.15, 0.2) is 0 Å². The zero-order chi connectivity index (χ0) is 15.6. The highest BCUT2D eigenvalue weighted by Gasteiger charge is 2.26. The molecule has 1 aromatic heterocycles. The predicted octanol–water partition coefficient (Wildman–Crippen LogP) is 2.69. The highest BCUT2D eigenvalue weighted by Crippen LogP contribution is 2.39. The molecule has 2 fully saturated rings. The zero-order valence-corrected chi connectivity index (χ0v) is 13.5. The average molecular weight is 310 g/mol. The Hall–Kier alpha value is -2.30. The van der Waals surface area contributed by atoms with E-state index in [2.05, 4.69) is 38.0 Å². The highest BCUT2D eigenvalue weighted by molar-refractivity contribution is 5.59. The Morgan fingerprint density at radius 1 is 1.00 bits per heavy atom. The first-order valence-electron chi connectivity index (χ1n) is 8.30. The summed E-state index contributed by atoms with van der Waals surface area (Å²) < 4.78 is 5.48. The van der Waals surface area contributed by atoms with E-state index in [1.165, 1.54) is 24.2 Å². The molecule has 120 valence electrons. The van der Waals surface area contributed by atoms with Gasteiger partial charge >= 0.3 is 0 Å². The minimum Gasteiger partial charge on any atom is -0.495 e. The van der Waals surface area contributed by atoms with E-state index < -0.39 is 0 Å². The van der Waals surface area contributed by atoms with Gasteiger partial charge in [-0.05, 0) is 25.0 Å². The number of rotatable bonds is 4. The van der Waals surface area contributed by atoms with Crippen molar-refractivity contribution in [2.75, 3.05) is 43.1 Å². The number of piperazine rings is 1. The number of nitrogens with zero attached hydrogens (tertiary/aromatic N) is 4. The van der Waals surface area contributed by atoms with Crippen molar-refractivity contribution < 1.29 is 4.74 Å². The Kier molecular flexibility index (Phi) is 3.77. The summed E-state index contributed by atoms with van der Waals surface area (Å²) in [6.07, 6.45) is 4.27. The number of benzene rings is 1. The molecule has 0 spiro atoms. The highest BCUT2D eigenvalue weighted by atomic mass is 16.5. The molecule has 1 saturated heterocycles. The van der Waals surface area contributed by atoms with E-state index in [0.29, 0.717) is 5.92 Å². The Morgan fingerprint density at radius 2 is 1.74 bits per heavy atom. The average Bonchev–Trinajstić information content (AvgIpc) is 3.47. The number of methoxy groups -OCH3 is 1. The third-order valence-electron chi connectivity index (χ3n) is 4.70. The van der Waals surface area contributed by atoms with E-state index in [9.17, 15) is 0 Å². The topological polar surface area (TPSA) is 41.5 Å². The Bertz CT molecular complexity index is 678. The van der Waals surface area contributed by atoms with Gasteiger partial charge in [0, 0.05) is 43.9 Å². The van der Waals surface area contributed by atoms with Gasteiger partial charge in [0.25, 0.3) is 0 Å². The molecule has 2 aliphatic rings. The van der Waals surface area contributed by atoms with Crippen LogP contribution in [0.25, 0.3) is 0 Å². The van der Waals surface area contributed by atoms with Crippen molar-refractivity contribution in [2.24, 2.45) is 0 Å². The molecule has 0 radical (unpaired) electrons. The lowest BCUT2D eigenvalue weighted by Crippen LogP contribution is -2.47. The molecule has 4 rings (SSSR count). The molecule has 0 N–H and O–H groups in total. The Morgan fingerprint density at radius 3 is 2.48 bits per heavy atom. The molecule has 5 nitrogen and oxygen atoms in total. The molecule has 1 aliphatic carbocycles. The van der Waals surface area contributed by atoms with E-state index in [1.54, 1.807) is 13.4 Å².